The minimum atomic E-state index is -1.21. The molecule has 3 rings (SSSR count). The maximum absolute atomic E-state index is 12.0. The summed E-state index contributed by atoms with van der Waals surface area (Å²) in [5.74, 6) is 0. The average molecular weight is 393 g/mol. The van der Waals surface area contributed by atoms with Gasteiger partial charge in [-0.15, -0.1) is 0 Å². The lowest BCUT2D eigenvalue weighted by atomic mass is 9.74. The van der Waals surface area contributed by atoms with E-state index in [2.05, 4.69) is 22.2 Å². The van der Waals surface area contributed by atoms with Crippen molar-refractivity contribution >= 4 is 17.3 Å². The molecular weight excluding hydrogens is 368 g/mol. The Morgan fingerprint density at radius 3 is 2.67 bits per heavy atom. The highest BCUT2D eigenvalue weighted by atomic mass is 35.5. The van der Waals surface area contributed by atoms with Gasteiger partial charge in [0.25, 0.3) is 0 Å². The van der Waals surface area contributed by atoms with E-state index in [1.54, 1.807) is 30.3 Å². The van der Waals surface area contributed by atoms with Gasteiger partial charge in [-0.1, -0.05) is 42.2 Å². The van der Waals surface area contributed by atoms with Gasteiger partial charge in [-0.05, 0) is 37.0 Å². The minimum Gasteiger partial charge on any atom is -0.382 e. The second-order valence-corrected chi connectivity index (χ2v) is 7.30. The lowest BCUT2D eigenvalue weighted by Crippen LogP contribution is -2.45. The smallest absolute Gasteiger partial charge is 0.216 e. The summed E-state index contributed by atoms with van der Waals surface area (Å²) in [6.07, 6.45) is 6.33. The summed E-state index contributed by atoms with van der Waals surface area (Å²) in [5, 5.41) is 21.1. The standard InChI is InChI=1S/C19H25ClN4O3/c1-3-4-17(23-27-14-26-2)18(9-10-18)19(25,11-24-13-21-12-22-24)15-5-7-16(20)8-6-15/h5-8,12-13,25H,3-4,9-11,14H2,1-2H3. The van der Waals surface area contributed by atoms with Crippen LogP contribution in [0.5, 0.6) is 0 Å². The fraction of sp³-hybridized carbons (Fsp3) is 0.526. The van der Waals surface area contributed by atoms with Crippen LogP contribution in [0.2, 0.25) is 5.02 Å². The van der Waals surface area contributed by atoms with Crippen molar-refractivity contribution in [3.63, 3.8) is 0 Å². The predicted octanol–water partition coefficient (Wildman–Crippen LogP) is 3.38. The molecule has 1 atom stereocenters. The van der Waals surface area contributed by atoms with Gasteiger partial charge in [-0.2, -0.15) is 5.10 Å². The number of hydrogen-bond acceptors (Lipinski definition) is 6. The second kappa shape index (κ2) is 8.37. The molecule has 1 saturated carbocycles. The lowest BCUT2D eigenvalue weighted by molar-refractivity contribution is -0.0430. The van der Waals surface area contributed by atoms with Gasteiger partial charge < -0.3 is 14.7 Å². The highest BCUT2D eigenvalue weighted by Crippen LogP contribution is 2.60. The Labute approximate surface area is 163 Å². The molecule has 1 aliphatic carbocycles. The molecule has 0 saturated heterocycles. The first-order chi connectivity index (χ1) is 13.1. The molecule has 146 valence electrons. The zero-order valence-corrected chi connectivity index (χ0v) is 16.4. The Kier molecular flexibility index (Phi) is 6.14. The van der Waals surface area contributed by atoms with Gasteiger partial charge in [0.15, 0.2) is 0 Å². The first kappa shape index (κ1) is 19.8. The molecule has 1 aromatic carbocycles. The van der Waals surface area contributed by atoms with Crippen LogP contribution in [-0.4, -0.2) is 39.5 Å². The van der Waals surface area contributed by atoms with Crippen molar-refractivity contribution in [1.82, 2.24) is 14.8 Å². The van der Waals surface area contributed by atoms with Crippen LogP contribution in [0.3, 0.4) is 0 Å². The molecule has 0 amide bonds. The van der Waals surface area contributed by atoms with E-state index < -0.39 is 11.0 Å². The first-order valence-electron chi connectivity index (χ1n) is 9.05. The normalized spacial score (nSPS) is 18.1. The third-order valence-corrected chi connectivity index (χ3v) is 5.36. The average Bonchev–Trinajstić information content (AvgIpc) is 3.33. The van der Waals surface area contributed by atoms with E-state index in [0.717, 1.165) is 37.0 Å². The maximum Gasteiger partial charge on any atom is 0.216 e. The lowest BCUT2D eigenvalue weighted by Gasteiger charge is -2.38. The van der Waals surface area contributed by atoms with Crippen molar-refractivity contribution in [3.05, 3.63) is 47.5 Å². The molecule has 0 spiro atoms. The monoisotopic (exact) mass is 392 g/mol. The molecule has 1 unspecified atom stereocenters. The SMILES string of the molecule is CCCC(=NOCOC)C1(C(O)(Cn2cncn2)c2ccc(Cl)cc2)CC1. The quantitative estimate of drug-likeness (QED) is 0.290. The van der Waals surface area contributed by atoms with Crippen molar-refractivity contribution < 1.29 is 14.7 Å². The van der Waals surface area contributed by atoms with E-state index in [4.69, 9.17) is 21.2 Å². The van der Waals surface area contributed by atoms with Crippen LogP contribution in [0.15, 0.2) is 42.1 Å². The summed E-state index contributed by atoms with van der Waals surface area (Å²) in [6, 6.07) is 7.30. The number of aromatic nitrogens is 3. The molecule has 1 heterocycles. The number of benzene rings is 1. The molecular formula is C19H25ClN4O3. The van der Waals surface area contributed by atoms with Gasteiger partial charge in [-0.25, -0.2) is 9.67 Å². The highest BCUT2D eigenvalue weighted by Gasteiger charge is 2.63. The topological polar surface area (TPSA) is 81.8 Å². The van der Waals surface area contributed by atoms with Crippen LogP contribution in [0, 0.1) is 5.41 Å². The van der Waals surface area contributed by atoms with Crippen LogP contribution in [0.25, 0.3) is 0 Å². The second-order valence-electron chi connectivity index (χ2n) is 6.87. The molecule has 1 fully saturated rings. The summed E-state index contributed by atoms with van der Waals surface area (Å²) >= 11 is 6.06. The van der Waals surface area contributed by atoms with E-state index in [-0.39, 0.29) is 13.3 Å². The molecule has 2 aromatic rings. The predicted molar refractivity (Wildman–Crippen MR) is 102 cm³/mol. The van der Waals surface area contributed by atoms with Crippen LogP contribution in [0.1, 0.15) is 38.2 Å². The van der Waals surface area contributed by atoms with Gasteiger partial charge in [0.1, 0.15) is 18.3 Å². The zero-order valence-electron chi connectivity index (χ0n) is 15.6. The number of aliphatic hydroxyl groups is 1. The molecule has 1 N–H and O–H groups in total. The van der Waals surface area contributed by atoms with E-state index in [1.807, 2.05) is 12.1 Å². The van der Waals surface area contributed by atoms with Crippen LogP contribution < -0.4 is 0 Å². The number of rotatable bonds is 10. The van der Waals surface area contributed by atoms with Crippen molar-refractivity contribution in [3.8, 4) is 0 Å². The van der Waals surface area contributed by atoms with Crippen molar-refractivity contribution in [1.29, 1.82) is 0 Å². The Balaban J connectivity index is 2.02. The largest absolute Gasteiger partial charge is 0.382 e. The van der Waals surface area contributed by atoms with Crippen LogP contribution in [0.4, 0.5) is 0 Å². The van der Waals surface area contributed by atoms with Gasteiger partial charge in [0.2, 0.25) is 6.79 Å². The summed E-state index contributed by atoms with van der Waals surface area (Å²) in [7, 11) is 1.55. The van der Waals surface area contributed by atoms with Gasteiger partial charge >= 0.3 is 0 Å². The number of halogens is 1. The van der Waals surface area contributed by atoms with Crippen molar-refractivity contribution in [2.75, 3.05) is 13.9 Å². The summed E-state index contributed by atoms with van der Waals surface area (Å²) in [6.45, 7) is 2.42. The van der Waals surface area contributed by atoms with Gasteiger partial charge in [0, 0.05) is 17.5 Å². The Hall–Kier alpha value is -1.96. The highest BCUT2D eigenvalue weighted by molar-refractivity contribution is 6.30. The maximum atomic E-state index is 12.0. The molecule has 1 aliphatic rings. The van der Waals surface area contributed by atoms with Crippen LogP contribution >= 0.6 is 11.6 Å². The first-order valence-corrected chi connectivity index (χ1v) is 9.42. The number of hydrogen-bond donors (Lipinski definition) is 1. The molecule has 8 heteroatoms. The van der Waals surface area contributed by atoms with Crippen molar-refractivity contribution in [2.45, 2.75) is 44.8 Å². The Bertz CT molecular complexity index is 760. The summed E-state index contributed by atoms with van der Waals surface area (Å²) in [5.41, 5.74) is -0.109. The van der Waals surface area contributed by atoms with E-state index in [0.29, 0.717) is 5.02 Å². The Morgan fingerprint density at radius 1 is 1.37 bits per heavy atom. The summed E-state index contributed by atoms with van der Waals surface area (Å²) < 4.78 is 6.59. The van der Waals surface area contributed by atoms with E-state index in [9.17, 15) is 5.11 Å². The number of ether oxygens (including phenoxy) is 1. The summed E-state index contributed by atoms with van der Waals surface area (Å²) in [4.78, 5) is 9.31. The van der Waals surface area contributed by atoms with Gasteiger partial charge in [0.05, 0.1) is 12.3 Å². The molecule has 1 aromatic heterocycles. The fourth-order valence-electron chi connectivity index (χ4n) is 3.63. The minimum absolute atomic E-state index is 0.0751. The zero-order chi connectivity index (χ0) is 19.3. The number of oxime groups is 1. The third-order valence-electron chi connectivity index (χ3n) is 5.11. The molecule has 7 nitrogen and oxygen atoms in total. The fourth-order valence-corrected chi connectivity index (χ4v) is 3.75. The molecule has 0 bridgehead atoms. The van der Waals surface area contributed by atoms with Gasteiger partial charge in [-0.3, -0.25) is 0 Å². The number of nitrogens with zero attached hydrogens (tertiary/aromatic N) is 4. The van der Waals surface area contributed by atoms with E-state index in [1.165, 1.54) is 6.33 Å². The molecule has 0 aliphatic heterocycles. The molecule has 0 radical (unpaired) electrons. The number of methoxy groups -OCH3 is 1. The van der Waals surface area contributed by atoms with E-state index >= 15 is 0 Å². The van der Waals surface area contributed by atoms with Crippen molar-refractivity contribution in [2.24, 2.45) is 10.6 Å². The van der Waals surface area contributed by atoms with Crippen LogP contribution in [-0.2, 0) is 21.7 Å². The molecule has 27 heavy (non-hydrogen) atoms. The Morgan fingerprint density at radius 2 is 2.11 bits per heavy atom. The third kappa shape index (κ3) is 4.00.